The minimum absolute atomic E-state index is 0.0155. The minimum Gasteiger partial charge on any atom is -0.343 e. The Morgan fingerprint density at radius 1 is 1.56 bits per heavy atom. The minimum atomic E-state index is -0.220. The van der Waals surface area contributed by atoms with E-state index in [0.717, 1.165) is 0 Å². The second-order valence-corrected chi connectivity index (χ2v) is 3.54. The summed E-state index contributed by atoms with van der Waals surface area (Å²) in [6.07, 6.45) is 3.47. The number of hydrogen-bond acceptors (Lipinski definition) is 3. The van der Waals surface area contributed by atoms with E-state index in [1.165, 1.54) is 14.0 Å². The maximum absolute atomic E-state index is 11.6. The Morgan fingerprint density at radius 2 is 2.25 bits per heavy atom. The van der Waals surface area contributed by atoms with Gasteiger partial charge in [0.15, 0.2) is 0 Å². The van der Waals surface area contributed by atoms with Crippen molar-refractivity contribution in [3.63, 3.8) is 0 Å². The molecule has 1 heterocycles. The fourth-order valence-electron chi connectivity index (χ4n) is 1.24. The van der Waals surface area contributed by atoms with E-state index in [9.17, 15) is 9.59 Å². The smallest absolute Gasteiger partial charge is 0.328 e. The van der Waals surface area contributed by atoms with E-state index < -0.39 is 0 Å². The molecule has 0 saturated heterocycles. The van der Waals surface area contributed by atoms with Crippen molar-refractivity contribution in [2.24, 2.45) is 7.05 Å². The van der Waals surface area contributed by atoms with Crippen LogP contribution in [-0.4, -0.2) is 33.5 Å². The van der Waals surface area contributed by atoms with Gasteiger partial charge in [-0.15, -0.1) is 0 Å². The molecule has 0 radical (unpaired) electrons. The molecule has 16 heavy (non-hydrogen) atoms. The molecule has 0 fully saturated rings. The molecule has 0 unspecified atom stereocenters. The highest BCUT2D eigenvalue weighted by Crippen LogP contribution is 1.91. The molecule has 0 bridgehead atoms. The largest absolute Gasteiger partial charge is 0.343 e. The molecular formula is C10H14N4O2. The number of rotatable bonds is 4. The average Bonchev–Trinajstić information content (AvgIpc) is 2.57. The fraction of sp³-hybridized carbons (Fsp3) is 0.500. The van der Waals surface area contributed by atoms with Crippen molar-refractivity contribution in [3.8, 4) is 6.07 Å². The number of aromatic nitrogens is 2. The zero-order valence-electron chi connectivity index (χ0n) is 9.38. The summed E-state index contributed by atoms with van der Waals surface area (Å²) in [5, 5.41) is 8.39. The molecule has 1 aromatic heterocycles. The lowest BCUT2D eigenvalue weighted by atomic mass is 10.4. The van der Waals surface area contributed by atoms with Crippen molar-refractivity contribution < 1.29 is 4.79 Å². The Labute approximate surface area is 93.3 Å². The standard InChI is InChI=1S/C10H14N4O2/c1-12(5-3-4-11)9(15)8-14-7-6-13(2)10(14)16/h6-7H,3,5,8H2,1-2H3. The van der Waals surface area contributed by atoms with Crippen LogP contribution in [0, 0.1) is 11.3 Å². The van der Waals surface area contributed by atoms with E-state index in [4.69, 9.17) is 5.26 Å². The summed E-state index contributed by atoms with van der Waals surface area (Å²) in [5.41, 5.74) is -0.220. The number of likely N-dealkylation sites (N-methyl/N-ethyl adjacent to an activating group) is 1. The monoisotopic (exact) mass is 222 g/mol. The van der Waals surface area contributed by atoms with E-state index in [2.05, 4.69) is 0 Å². The van der Waals surface area contributed by atoms with Gasteiger partial charge in [-0.2, -0.15) is 5.26 Å². The second-order valence-electron chi connectivity index (χ2n) is 3.54. The molecule has 0 aromatic carbocycles. The normalized spacial score (nSPS) is 9.81. The Morgan fingerprint density at radius 3 is 2.75 bits per heavy atom. The number of aryl methyl sites for hydroxylation is 1. The molecule has 1 amide bonds. The number of imidazole rings is 1. The van der Waals surface area contributed by atoms with Gasteiger partial charge in [0, 0.05) is 33.0 Å². The number of nitriles is 1. The van der Waals surface area contributed by atoms with Gasteiger partial charge in [0.2, 0.25) is 5.91 Å². The maximum atomic E-state index is 11.6. The van der Waals surface area contributed by atoms with Gasteiger partial charge in [-0.05, 0) is 0 Å². The molecule has 0 aliphatic rings. The Bertz CT molecular complexity index is 466. The lowest BCUT2D eigenvalue weighted by Crippen LogP contribution is -2.34. The summed E-state index contributed by atoms with van der Waals surface area (Å²) in [4.78, 5) is 24.5. The zero-order chi connectivity index (χ0) is 12.1. The predicted molar refractivity (Wildman–Crippen MR) is 57.5 cm³/mol. The van der Waals surface area contributed by atoms with Crippen LogP contribution < -0.4 is 5.69 Å². The molecule has 1 rings (SSSR count). The van der Waals surface area contributed by atoms with Gasteiger partial charge in [0.05, 0.1) is 12.5 Å². The van der Waals surface area contributed by atoms with Crippen LogP contribution >= 0.6 is 0 Å². The molecule has 6 nitrogen and oxygen atoms in total. The van der Waals surface area contributed by atoms with Crippen molar-refractivity contribution >= 4 is 5.91 Å². The molecule has 86 valence electrons. The maximum Gasteiger partial charge on any atom is 0.328 e. The van der Waals surface area contributed by atoms with Gasteiger partial charge in [0.1, 0.15) is 6.54 Å². The molecule has 0 N–H and O–H groups in total. The molecule has 0 spiro atoms. The summed E-state index contributed by atoms with van der Waals surface area (Å²) >= 11 is 0. The molecule has 0 atom stereocenters. The van der Waals surface area contributed by atoms with Crippen molar-refractivity contribution in [2.45, 2.75) is 13.0 Å². The van der Waals surface area contributed by atoms with Gasteiger partial charge >= 0.3 is 5.69 Å². The highest BCUT2D eigenvalue weighted by Gasteiger charge is 2.10. The molecular weight excluding hydrogens is 208 g/mol. The highest BCUT2D eigenvalue weighted by atomic mass is 16.2. The first-order valence-corrected chi connectivity index (χ1v) is 4.89. The van der Waals surface area contributed by atoms with Crippen LogP contribution in [0.3, 0.4) is 0 Å². The summed E-state index contributed by atoms with van der Waals surface area (Å²) in [5.74, 6) is -0.177. The van der Waals surface area contributed by atoms with Gasteiger partial charge in [-0.3, -0.25) is 9.36 Å². The van der Waals surface area contributed by atoms with E-state index in [-0.39, 0.29) is 18.1 Å². The number of carbonyl (C=O) groups excluding carboxylic acids is 1. The number of hydrogen-bond donors (Lipinski definition) is 0. The molecule has 0 aliphatic heterocycles. The van der Waals surface area contributed by atoms with Crippen LogP contribution in [0.4, 0.5) is 0 Å². The quantitative estimate of drug-likeness (QED) is 0.693. The lowest BCUT2D eigenvalue weighted by molar-refractivity contribution is -0.130. The first-order chi connectivity index (χ1) is 7.56. The van der Waals surface area contributed by atoms with Crippen molar-refractivity contribution in [1.29, 1.82) is 5.26 Å². The molecule has 0 aliphatic carbocycles. The zero-order valence-corrected chi connectivity index (χ0v) is 9.38. The van der Waals surface area contributed by atoms with Gasteiger partial charge in [-0.25, -0.2) is 4.79 Å². The molecule has 6 heteroatoms. The van der Waals surface area contributed by atoms with E-state index in [1.807, 2.05) is 6.07 Å². The molecule has 0 saturated carbocycles. The number of nitrogens with zero attached hydrogens (tertiary/aromatic N) is 4. The summed E-state index contributed by atoms with van der Waals surface area (Å²) < 4.78 is 2.74. The first kappa shape index (κ1) is 12.0. The summed E-state index contributed by atoms with van der Waals surface area (Å²) in [6.45, 7) is 0.401. The predicted octanol–water partition coefficient (Wildman–Crippen LogP) is -0.441. The van der Waals surface area contributed by atoms with Crippen LogP contribution in [0.25, 0.3) is 0 Å². The van der Waals surface area contributed by atoms with Crippen molar-refractivity contribution in [3.05, 3.63) is 22.9 Å². The van der Waals surface area contributed by atoms with E-state index in [0.29, 0.717) is 13.0 Å². The van der Waals surface area contributed by atoms with Gasteiger partial charge < -0.3 is 9.47 Å². The SMILES string of the molecule is CN(CCC#N)C(=O)Cn1ccn(C)c1=O. The van der Waals surface area contributed by atoms with Crippen LogP contribution in [0.2, 0.25) is 0 Å². The summed E-state index contributed by atoms with van der Waals surface area (Å²) in [6, 6.07) is 1.97. The van der Waals surface area contributed by atoms with E-state index in [1.54, 1.807) is 26.5 Å². The third-order valence-corrected chi connectivity index (χ3v) is 2.31. The van der Waals surface area contributed by atoms with Crippen molar-refractivity contribution in [2.75, 3.05) is 13.6 Å². The van der Waals surface area contributed by atoms with Gasteiger partial charge in [-0.1, -0.05) is 0 Å². The average molecular weight is 222 g/mol. The second kappa shape index (κ2) is 5.16. The van der Waals surface area contributed by atoms with Crippen LogP contribution in [0.1, 0.15) is 6.42 Å². The van der Waals surface area contributed by atoms with Gasteiger partial charge in [0.25, 0.3) is 0 Å². The van der Waals surface area contributed by atoms with Crippen molar-refractivity contribution in [1.82, 2.24) is 14.0 Å². The third kappa shape index (κ3) is 2.73. The molecule has 1 aromatic rings. The van der Waals surface area contributed by atoms with Crippen LogP contribution in [0.5, 0.6) is 0 Å². The third-order valence-electron chi connectivity index (χ3n) is 2.31. The lowest BCUT2D eigenvalue weighted by Gasteiger charge is -2.15. The summed E-state index contributed by atoms with van der Waals surface area (Å²) in [7, 11) is 3.25. The highest BCUT2D eigenvalue weighted by molar-refractivity contribution is 5.75. The Hall–Kier alpha value is -2.03. The van der Waals surface area contributed by atoms with E-state index >= 15 is 0 Å². The Balaban J connectivity index is 2.62. The first-order valence-electron chi connectivity index (χ1n) is 4.89. The number of amides is 1. The topological polar surface area (TPSA) is 71.0 Å². The van der Waals surface area contributed by atoms with Crippen LogP contribution in [-0.2, 0) is 18.4 Å². The Kier molecular flexibility index (Phi) is 3.89. The van der Waals surface area contributed by atoms with Crippen LogP contribution in [0.15, 0.2) is 17.2 Å². The fourth-order valence-corrected chi connectivity index (χ4v) is 1.24. The number of carbonyl (C=O) groups is 1.